The van der Waals surface area contributed by atoms with Gasteiger partial charge in [-0.2, -0.15) is 13.2 Å². The molecule has 0 bridgehead atoms. The van der Waals surface area contributed by atoms with E-state index in [0.717, 1.165) is 12.1 Å². The number of aryl methyl sites for hydroxylation is 1. The average Bonchev–Trinajstić information content (AvgIpc) is 2.91. The van der Waals surface area contributed by atoms with Gasteiger partial charge in [-0.15, -0.1) is 5.10 Å². The van der Waals surface area contributed by atoms with Crippen LogP contribution in [-0.2, 0) is 12.7 Å². The zero-order chi connectivity index (χ0) is 18.9. The molecule has 0 radical (unpaired) electrons. The van der Waals surface area contributed by atoms with Crippen molar-refractivity contribution in [3.8, 4) is 17.1 Å². The molecule has 0 aliphatic rings. The maximum Gasteiger partial charge on any atom is 0.416 e. The summed E-state index contributed by atoms with van der Waals surface area (Å²) >= 11 is 6.17. The van der Waals surface area contributed by atoms with Crippen LogP contribution in [0.5, 0.6) is 0 Å². The Morgan fingerprint density at radius 3 is 2.42 bits per heavy atom. The van der Waals surface area contributed by atoms with Crippen molar-refractivity contribution in [3.63, 3.8) is 0 Å². The van der Waals surface area contributed by atoms with E-state index in [1.165, 1.54) is 33.8 Å². The normalized spacial score (nSPS) is 11.7. The molecule has 2 aromatic heterocycles. The van der Waals surface area contributed by atoms with Gasteiger partial charge in [-0.3, -0.25) is 4.98 Å². The number of rotatable bonds is 4. The fraction of sp³-hybridized carbons (Fsp3) is 0.235. The zero-order valence-electron chi connectivity index (χ0n) is 13.7. The number of halogens is 4. The van der Waals surface area contributed by atoms with Crippen LogP contribution in [0, 0.1) is 0 Å². The molecule has 9 heteroatoms. The van der Waals surface area contributed by atoms with Gasteiger partial charge >= 0.3 is 11.9 Å². The molecule has 1 aromatic carbocycles. The smallest absolute Gasteiger partial charge is 0.263 e. The van der Waals surface area contributed by atoms with Crippen molar-refractivity contribution in [2.24, 2.45) is 0 Å². The highest BCUT2D eigenvalue weighted by Crippen LogP contribution is 2.31. The maximum atomic E-state index is 12.8. The minimum Gasteiger partial charge on any atom is -0.263 e. The van der Waals surface area contributed by atoms with Gasteiger partial charge in [-0.1, -0.05) is 18.5 Å². The molecule has 26 heavy (non-hydrogen) atoms. The third kappa shape index (κ3) is 3.37. The zero-order valence-corrected chi connectivity index (χ0v) is 14.4. The minimum absolute atomic E-state index is 0.246. The highest BCUT2D eigenvalue weighted by Gasteiger charge is 2.30. The second-order valence-electron chi connectivity index (χ2n) is 5.56. The number of hydrogen-bond acceptors (Lipinski definition) is 3. The lowest BCUT2D eigenvalue weighted by molar-refractivity contribution is -0.137. The predicted octanol–water partition coefficient (Wildman–Crippen LogP) is 4.18. The minimum atomic E-state index is -4.45. The van der Waals surface area contributed by atoms with Crippen LogP contribution < -0.4 is 5.69 Å². The van der Waals surface area contributed by atoms with Gasteiger partial charge in [-0.25, -0.2) is 14.0 Å². The Labute approximate surface area is 151 Å². The summed E-state index contributed by atoms with van der Waals surface area (Å²) in [5.41, 5.74) is -0.505. The van der Waals surface area contributed by atoms with Gasteiger partial charge in [0.1, 0.15) is 0 Å². The highest BCUT2D eigenvalue weighted by molar-refractivity contribution is 6.33. The summed E-state index contributed by atoms with van der Waals surface area (Å²) in [4.78, 5) is 16.6. The summed E-state index contributed by atoms with van der Waals surface area (Å²) in [5.74, 6) is 0.246. The van der Waals surface area contributed by atoms with E-state index in [-0.39, 0.29) is 16.5 Å². The molecule has 0 aliphatic heterocycles. The van der Waals surface area contributed by atoms with Crippen molar-refractivity contribution in [2.75, 3.05) is 0 Å². The van der Waals surface area contributed by atoms with Crippen LogP contribution in [0.15, 0.2) is 47.5 Å². The Kier molecular flexibility index (Phi) is 4.86. The first-order chi connectivity index (χ1) is 12.3. The molecule has 2 heterocycles. The Bertz CT molecular complexity index is 977. The van der Waals surface area contributed by atoms with Crippen molar-refractivity contribution < 1.29 is 13.2 Å². The van der Waals surface area contributed by atoms with Crippen LogP contribution in [-0.4, -0.2) is 19.3 Å². The van der Waals surface area contributed by atoms with Gasteiger partial charge in [0.05, 0.1) is 16.3 Å². The standard InChI is InChI=1S/C17H14ClF3N4O/c1-2-9-24-16(26)25(12-5-3-11(4-6-12)17(19,20)21)15(23-24)13-7-8-22-10-14(13)18/h3-8,10H,2,9H2,1H3. The summed E-state index contributed by atoms with van der Waals surface area (Å²) in [6.07, 6.45) is -0.862. The van der Waals surface area contributed by atoms with Crippen molar-refractivity contribution in [2.45, 2.75) is 26.1 Å². The molecule has 136 valence electrons. The third-order valence-electron chi connectivity index (χ3n) is 3.74. The van der Waals surface area contributed by atoms with E-state index in [9.17, 15) is 18.0 Å². The van der Waals surface area contributed by atoms with E-state index >= 15 is 0 Å². The van der Waals surface area contributed by atoms with Crippen LogP contribution in [0.1, 0.15) is 18.9 Å². The van der Waals surface area contributed by atoms with E-state index in [4.69, 9.17) is 11.6 Å². The third-order valence-corrected chi connectivity index (χ3v) is 4.04. The topological polar surface area (TPSA) is 52.7 Å². The van der Waals surface area contributed by atoms with Crippen LogP contribution in [0.3, 0.4) is 0 Å². The summed E-state index contributed by atoms with van der Waals surface area (Å²) in [6, 6.07) is 5.93. The van der Waals surface area contributed by atoms with Crippen LogP contribution >= 0.6 is 11.6 Å². The maximum absolute atomic E-state index is 12.8. The highest BCUT2D eigenvalue weighted by atomic mass is 35.5. The lowest BCUT2D eigenvalue weighted by Crippen LogP contribution is -2.24. The Balaban J connectivity index is 2.20. The van der Waals surface area contributed by atoms with Gasteiger partial charge in [0.2, 0.25) is 0 Å². The molecule has 0 amide bonds. The molecule has 0 unspecified atom stereocenters. The quantitative estimate of drug-likeness (QED) is 0.680. The lowest BCUT2D eigenvalue weighted by Gasteiger charge is -2.09. The second-order valence-corrected chi connectivity index (χ2v) is 5.97. The molecule has 0 N–H and O–H groups in total. The number of aromatic nitrogens is 4. The first-order valence-electron chi connectivity index (χ1n) is 7.80. The number of pyridine rings is 1. The fourth-order valence-electron chi connectivity index (χ4n) is 2.53. The van der Waals surface area contributed by atoms with Gasteiger partial charge < -0.3 is 0 Å². The Hall–Kier alpha value is -2.61. The van der Waals surface area contributed by atoms with Crippen molar-refractivity contribution in [3.05, 3.63) is 63.8 Å². The lowest BCUT2D eigenvalue weighted by atomic mass is 10.2. The Morgan fingerprint density at radius 2 is 1.85 bits per heavy atom. The average molecular weight is 383 g/mol. The summed E-state index contributed by atoms with van der Waals surface area (Å²) in [5, 5.41) is 4.60. The molecular formula is C17H14ClF3N4O. The summed E-state index contributed by atoms with van der Waals surface area (Å²) < 4.78 is 40.9. The van der Waals surface area contributed by atoms with Crippen LogP contribution in [0.4, 0.5) is 13.2 Å². The molecule has 0 spiro atoms. The molecule has 0 atom stereocenters. The molecule has 0 saturated carbocycles. The summed E-state index contributed by atoms with van der Waals surface area (Å²) in [6.45, 7) is 2.27. The van der Waals surface area contributed by atoms with Crippen molar-refractivity contribution in [1.82, 2.24) is 19.3 Å². The van der Waals surface area contributed by atoms with E-state index in [0.29, 0.717) is 18.5 Å². The van der Waals surface area contributed by atoms with Crippen molar-refractivity contribution in [1.29, 1.82) is 0 Å². The molecule has 3 rings (SSSR count). The monoisotopic (exact) mass is 382 g/mol. The second kappa shape index (κ2) is 6.95. The Morgan fingerprint density at radius 1 is 1.15 bits per heavy atom. The molecule has 3 aromatic rings. The molecular weight excluding hydrogens is 369 g/mol. The number of alkyl halides is 3. The molecule has 5 nitrogen and oxygen atoms in total. The van der Waals surface area contributed by atoms with E-state index in [1.54, 1.807) is 6.07 Å². The van der Waals surface area contributed by atoms with Crippen molar-refractivity contribution >= 4 is 11.6 Å². The van der Waals surface area contributed by atoms with Crippen LogP contribution in [0.25, 0.3) is 17.1 Å². The van der Waals surface area contributed by atoms with E-state index in [2.05, 4.69) is 10.1 Å². The number of benzene rings is 1. The van der Waals surface area contributed by atoms with Gasteiger partial charge in [0.25, 0.3) is 0 Å². The number of hydrogen-bond donors (Lipinski definition) is 0. The first-order valence-corrected chi connectivity index (χ1v) is 8.18. The van der Waals surface area contributed by atoms with E-state index < -0.39 is 17.4 Å². The summed E-state index contributed by atoms with van der Waals surface area (Å²) in [7, 11) is 0. The molecule has 0 fully saturated rings. The van der Waals surface area contributed by atoms with Gasteiger partial charge in [0, 0.05) is 24.5 Å². The first kappa shape index (κ1) is 18.2. The predicted molar refractivity (Wildman–Crippen MR) is 91.4 cm³/mol. The van der Waals surface area contributed by atoms with Crippen LogP contribution in [0.2, 0.25) is 5.02 Å². The fourth-order valence-corrected chi connectivity index (χ4v) is 2.73. The molecule has 0 aliphatic carbocycles. The van der Waals surface area contributed by atoms with E-state index in [1.807, 2.05) is 6.92 Å². The van der Waals surface area contributed by atoms with Gasteiger partial charge in [0.15, 0.2) is 5.82 Å². The van der Waals surface area contributed by atoms with Gasteiger partial charge in [-0.05, 0) is 36.8 Å². The SMILES string of the molecule is CCCn1nc(-c2ccncc2Cl)n(-c2ccc(C(F)(F)F)cc2)c1=O. The largest absolute Gasteiger partial charge is 0.416 e. The number of nitrogens with zero attached hydrogens (tertiary/aromatic N) is 4. The molecule has 0 saturated heterocycles.